The van der Waals surface area contributed by atoms with Gasteiger partial charge in [-0.15, -0.1) is 0 Å². The molecule has 0 radical (unpaired) electrons. The summed E-state index contributed by atoms with van der Waals surface area (Å²) in [6, 6.07) is 6.21. The molecule has 1 saturated heterocycles. The van der Waals surface area contributed by atoms with Gasteiger partial charge in [-0.3, -0.25) is 4.79 Å². The van der Waals surface area contributed by atoms with Crippen molar-refractivity contribution >= 4 is 21.8 Å². The van der Waals surface area contributed by atoms with Crippen molar-refractivity contribution in [2.45, 2.75) is 31.7 Å². The zero-order valence-electron chi connectivity index (χ0n) is 11.1. The number of nitrogens with zero attached hydrogens (tertiary/aromatic N) is 1. The smallest absolute Gasteiger partial charge is 0.226 e. The third-order valence-electron chi connectivity index (χ3n) is 4.01. The van der Waals surface area contributed by atoms with Gasteiger partial charge in [0.2, 0.25) is 5.91 Å². The second-order valence-electron chi connectivity index (χ2n) is 5.35. The maximum Gasteiger partial charge on any atom is 0.226 e. The highest BCUT2D eigenvalue weighted by Gasteiger charge is 2.39. The van der Waals surface area contributed by atoms with Crippen LogP contribution in [0.5, 0.6) is 5.75 Å². The molecule has 19 heavy (non-hydrogen) atoms. The summed E-state index contributed by atoms with van der Waals surface area (Å²) in [5.74, 6) is 1.51. The number of amides is 1. The van der Waals surface area contributed by atoms with E-state index < -0.39 is 0 Å². The van der Waals surface area contributed by atoms with Gasteiger partial charge in [-0.2, -0.15) is 0 Å². The van der Waals surface area contributed by atoms with Gasteiger partial charge in [0.25, 0.3) is 0 Å². The average Bonchev–Trinajstić information content (AvgIpc) is 3.15. The van der Waals surface area contributed by atoms with Crippen LogP contribution in [-0.4, -0.2) is 24.5 Å². The highest BCUT2D eigenvalue weighted by molar-refractivity contribution is 9.10. The van der Waals surface area contributed by atoms with Crippen LogP contribution in [0.2, 0.25) is 0 Å². The van der Waals surface area contributed by atoms with Crippen LogP contribution >= 0.6 is 15.9 Å². The lowest BCUT2D eigenvalue weighted by Crippen LogP contribution is -2.31. The first-order chi connectivity index (χ1) is 9.20. The van der Waals surface area contributed by atoms with E-state index in [1.54, 1.807) is 7.11 Å². The van der Waals surface area contributed by atoms with E-state index in [0.717, 1.165) is 48.0 Å². The molecular weight excluding hydrogens is 306 g/mol. The number of benzene rings is 1. The van der Waals surface area contributed by atoms with E-state index in [1.165, 1.54) is 0 Å². The summed E-state index contributed by atoms with van der Waals surface area (Å²) in [5, 5.41) is 0. The zero-order valence-corrected chi connectivity index (χ0v) is 12.6. The summed E-state index contributed by atoms with van der Waals surface area (Å²) in [6.07, 6.45) is 4.25. The molecule has 4 heteroatoms. The van der Waals surface area contributed by atoms with Gasteiger partial charge in [0, 0.05) is 22.5 Å². The van der Waals surface area contributed by atoms with Crippen LogP contribution in [0.1, 0.15) is 37.3 Å². The second-order valence-corrected chi connectivity index (χ2v) is 6.27. The monoisotopic (exact) mass is 323 g/mol. The fourth-order valence-corrected chi connectivity index (χ4v) is 3.26. The van der Waals surface area contributed by atoms with E-state index in [1.807, 2.05) is 12.1 Å². The Morgan fingerprint density at radius 2 is 2.16 bits per heavy atom. The second kappa shape index (κ2) is 5.16. The molecule has 1 aromatic carbocycles. The number of carbonyl (C=O) groups excluding carboxylic acids is 1. The summed E-state index contributed by atoms with van der Waals surface area (Å²) in [7, 11) is 1.69. The van der Waals surface area contributed by atoms with Crippen LogP contribution in [0.4, 0.5) is 0 Å². The van der Waals surface area contributed by atoms with Gasteiger partial charge in [0.05, 0.1) is 13.2 Å². The van der Waals surface area contributed by atoms with Gasteiger partial charge in [0.1, 0.15) is 5.75 Å². The Morgan fingerprint density at radius 1 is 1.37 bits per heavy atom. The quantitative estimate of drug-likeness (QED) is 0.851. The van der Waals surface area contributed by atoms with E-state index in [4.69, 9.17) is 4.74 Å². The van der Waals surface area contributed by atoms with Gasteiger partial charge >= 0.3 is 0 Å². The number of halogens is 1. The molecule has 0 spiro atoms. The largest absolute Gasteiger partial charge is 0.496 e. The average molecular weight is 324 g/mol. The minimum Gasteiger partial charge on any atom is -0.496 e. The van der Waals surface area contributed by atoms with E-state index in [0.29, 0.717) is 11.8 Å². The van der Waals surface area contributed by atoms with Crippen LogP contribution in [0.3, 0.4) is 0 Å². The zero-order chi connectivity index (χ0) is 13.4. The first-order valence-electron chi connectivity index (χ1n) is 6.84. The molecule has 2 fully saturated rings. The van der Waals surface area contributed by atoms with Gasteiger partial charge in [-0.25, -0.2) is 0 Å². The number of ether oxygens (including phenoxy) is 1. The lowest BCUT2D eigenvalue weighted by molar-refractivity contribution is -0.133. The molecule has 3 rings (SSSR count). The Labute approximate surface area is 122 Å². The number of hydrogen-bond acceptors (Lipinski definition) is 2. The summed E-state index contributed by atoms with van der Waals surface area (Å²) < 4.78 is 6.49. The maximum absolute atomic E-state index is 12.3. The van der Waals surface area contributed by atoms with E-state index in [2.05, 4.69) is 26.9 Å². The molecule has 1 heterocycles. The number of methoxy groups -OCH3 is 1. The normalized spacial score (nSPS) is 22.6. The van der Waals surface area contributed by atoms with Crippen LogP contribution in [0.25, 0.3) is 0 Å². The molecule has 2 aliphatic rings. The Morgan fingerprint density at radius 3 is 2.84 bits per heavy atom. The highest BCUT2D eigenvalue weighted by atomic mass is 79.9. The molecule has 0 bridgehead atoms. The van der Waals surface area contributed by atoms with Crippen molar-refractivity contribution in [2.24, 2.45) is 5.92 Å². The van der Waals surface area contributed by atoms with Crippen molar-refractivity contribution in [3.8, 4) is 5.75 Å². The van der Waals surface area contributed by atoms with Crippen LogP contribution < -0.4 is 4.74 Å². The van der Waals surface area contributed by atoms with Crippen molar-refractivity contribution < 1.29 is 9.53 Å². The SMILES string of the molecule is COc1ccc(Br)cc1C1CCCN1C(=O)C1CC1. The third-order valence-corrected chi connectivity index (χ3v) is 4.51. The van der Waals surface area contributed by atoms with Crippen molar-refractivity contribution in [3.05, 3.63) is 28.2 Å². The Kier molecular flexibility index (Phi) is 3.52. The first kappa shape index (κ1) is 13.0. The Bertz CT molecular complexity index is 499. The van der Waals surface area contributed by atoms with Gasteiger partial charge in [-0.05, 0) is 43.9 Å². The minimum atomic E-state index is 0.181. The fourth-order valence-electron chi connectivity index (χ4n) is 2.88. The third kappa shape index (κ3) is 2.50. The molecule has 1 atom stereocenters. The van der Waals surface area contributed by atoms with Gasteiger partial charge in [0.15, 0.2) is 0 Å². The Balaban J connectivity index is 1.91. The number of carbonyl (C=O) groups is 1. The van der Waals surface area contributed by atoms with Crippen molar-refractivity contribution in [2.75, 3.05) is 13.7 Å². The number of hydrogen-bond donors (Lipinski definition) is 0. The molecule has 1 aliphatic heterocycles. The summed E-state index contributed by atoms with van der Waals surface area (Å²) >= 11 is 3.51. The molecular formula is C15H18BrNO2. The lowest BCUT2D eigenvalue weighted by Gasteiger charge is -2.26. The number of likely N-dealkylation sites (tertiary alicyclic amines) is 1. The molecule has 1 aromatic rings. The van der Waals surface area contributed by atoms with Gasteiger partial charge in [-0.1, -0.05) is 15.9 Å². The summed E-state index contributed by atoms with van der Waals surface area (Å²) in [4.78, 5) is 14.4. The molecule has 0 aromatic heterocycles. The lowest BCUT2D eigenvalue weighted by atomic mass is 10.0. The van der Waals surface area contributed by atoms with Crippen molar-refractivity contribution in [3.63, 3.8) is 0 Å². The molecule has 1 aliphatic carbocycles. The van der Waals surface area contributed by atoms with Crippen LogP contribution in [0, 0.1) is 5.92 Å². The first-order valence-corrected chi connectivity index (χ1v) is 7.64. The highest BCUT2D eigenvalue weighted by Crippen LogP contribution is 2.41. The number of rotatable bonds is 3. The summed E-state index contributed by atoms with van der Waals surface area (Å²) in [6.45, 7) is 0.885. The predicted octanol–water partition coefficient (Wildman–Crippen LogP) is 3.53. The van der Waals surface area contributed by atoms with Crippen LogP contribution in [-0.2, 0) is 4.79 Å². The topological polar surface area (TPSA) is 29.5 Å². The minimum absolute atomic E-state index is 0.181. The molecule has 3 nitrogen and oxygen atoms in total. The Hall–Kier alpha value is -1.03. The van der Waals surface area contributed by atoms with Crippen molar-refractivity contribution in [1.29, 1.82) is 0 Å². The van der Waals surface area contributed by atoms with E-state index in [-0.39, 0.29) is 6.04 Å². The van der Waals surface area contributed by atoms with E-state index in [9.17, 15) is 4.79 Å². The van der Waals surface area contributed by atoms with E-state index >= 15 is 0 Å². The molecule has 1 amide bonds. The predicted molar refractivity (Wildman–Crippen MR) is 77.1 cm³/mol. The molecule has 1 unspecified atom stereocenters. The maximum atomic E-state index is 12.3. The van der Waals surface area contributed by atoms with Crippen LogP contribution in [0.15, 0.2) is 22.7 Å². The fraction of sp³-hybridized carbons (Fsp3) is 0.533. The summed E-state index contributed by atoms with van der Waals surface area (Å²) in [5.41, 5.74) is 1.13. The molecule has 102 valence electrons. The standard InChI is InChI=1S/C15H18BrNO2/c1-19-14-7-6-11(16)9-12(14)13-3-2-8-17(13)15(18)10-4-5-10/h6-7,9-10,13H,2-5,8H2,1H3. The van der Waals surface area contributed by atoms with Crippen molar-refractivity contribution in [1.82, 2.24) is 4.90 Å². The molecule has 1 saturated carbocycles. The van der Waals surface area contributed by atoms with Gasteiger partial charge < -0.3 is 9.64 Å². The molecule has 0 N–H and O–H groups in total.